The van der Waals surface area contributed by atoms with E-state index in [9.17, 15) is 0 Å². The van der Waals surface area contributed by atoms with Crippen molar-refractivity contribution in [2.45, 2.75) is 45.1 Å². The lowest BCUT2D eigenvalue weighted by atomic mass is 10.2. The van der Waals surface area contributed by atoms with Crippen molar-refractivity contribution in [2.75, 3.05) is 6.61 Å². The second-order valence-corrected chi connectivity index (χ2v) is 3.82. The Morgan fingerprint density at radius 1 is 1.21 bits per heavy atom. The highest BCUT2D eigenvalue weighted by atomic mass is 16.2. The van der Waals surface area contributed by atoms with E-state index in [2.05, 4.69) is 14.8 Å². The Morgan fingerprint density at radius 3 is 3.00 bits per heavy atom. The average Bonchev–Trinajstić information content (AvgIpc) is 2.45. The van der Waals surface area contributed by atoms with Crippen LogP contribution >= 0.6 is 0 Å². The topological polar surface area (TPSA) is 50.9 Å². The van der Waals surface area contributed by atoms with E-state index in [0.717, 1.165) is 37.5 Å². The zero-order valence-corrected chi connectivity index (χ0v) is 8.45. The maximum atomic E-state index is 8.77. The lowest BCUT2D eigenvalue weighted by Crippen LogP contribution is -2.06. The predicted molar refractivity (Wildman–Crippen MR) is 53.0 cm³/mol. The summed E-state index contributed by atoms with van der Waals surface area (Å²) in [5.41, 5.74) is 0. The van der Waals surface area contributed by atoms with Gasteiger partial charge in [-0.05, 0) is 19.3 Å². The van der Waals surface area contributed by atoms with Gasteiger partial charge in [0.15, 0.2) is 0 Å². The molecule has 0 saturated carbocycles. The molecule has 0 saturated heterocycles. The van der Waals surface area contributed by atoms with E-state index in [1.807, 2.05) is 0 Å². The number of aliphatic hydroxyl groups excluding tert-OH is 1. The Bertz CT molecular complexity index is 296. The van der Waals surface area contributed by atoms with Gasteiger partial charge in [-0.2, -0.15) is 0 Å². The molecule has 0 unspecified atom stereocenters. The first-order valence-electron chi connectivity index (χ1n) is 5.43. The van der Waals surface area contributed by atoms with Crippen molar-refractivity contribution >= 4 is 0 Å². The summed E-state index contributed by atoms with van der Waals surface area (Å²) in [6.07, 6.45) is 6.46. The van der Waals surface area contributed by atoms with Gasteiger partial charge in [0.25, 0.3) is 0 Å². The fourth-order valence-corrected chi connectivity index (χ4v) is 1.97. The predicted octanol–water partition coefficient (Wildman–Crippen LogP) is 0.929. The molecule has 0 fully saturated rings. The molecule has 0 spiro atoms. The molecule has 1 aromatic heterocycles. The van der Waals surface area contributed by atoms with Crippen LogP contribution in [0, 0.1) is 0 Å². The van der Waals surface area contributed by atoms with E-state index in [1.165, 1.54) is 19.3 Å². The largest absolute Gasteiger partial charge is 0.396 e. The Balaban J connectivity index is 2.12. The molecule has 1 aromatic rings. The first-order valence-corrected chi connectivity index (χ1v) is 5.43. The molecule has 0 amide bonds. The third kappa shape index (κ3) is 1.95. The van der Waals surface area contributed by atoms with Gasteiger partial charge in [-0.15, -0.1) is 10.2 Å². The van der Waals surface area contributed by atoms with Crippen LogP contribution in [0.4, 0.5) is 0 Å². The summed E-state index contributed by atoms with van der Waals surface area (Å²) in [5, 5.41) is 17.1. The minimum absolute atomic E-state index is 0.238. The van der Waals surface area contributed by atoms with Crippen LogP contribution in [-0.4, -0.2) is 26.5 Å². The highest BCUT2D eigenvalue weighted by Gasteiger charge is 2.13. The Morgan fingerprint density at radius 2 is 2.14 bits per heavy atom. The van der Waals surface area contributed by atoms with Crippen molar-refractivity contribution in [2.24, 2.45) is 0 Å². The zero-order valence-electron chi connectivity index (χ0n) is 8.45. The maximum Gasteiger partial charge on any atom is 0.133 e. The van der Waals surface area contributed by atoms with Gasteiger partial charge in [-0.3, -0.25) is 0 Å². The fourth-order valence-electron chi connectivity index (χ4n) is 1.97. The van der Waals surface area contributed by atoms with Crippen LogP contribution in [0.5, 0.6) is 0 Å². The van der Waals surface area contributed by atoms with Crippen LogP contribution in [-0.2, 0) is 19.4 Å². The molecule has 1 N–H and O–H groups in total. The van der Waals surface area contributed by atoms with Gasteiger partial charge < -0.3 is 9.67 Å². The monoisotopic (exact) mass is 195 g/mol. The number of aliphatic hydroxyl groups is 1. The van der Waals surface area contributed by atoms with Gasteiger partial charge in [0.1, 0.15) is 11.6 Å². The lowest BCUT2D eigenvalue weighted by molar-refractivity contribution is 0.286. The maximum absolute atomic E-state index is 8.77. The summed E-state index contributed by atoms with van der Waals surface area (Å²) in [6.45, 7) is 1.30. The molecule has 0 bridgehead atoms. The summed E-state index contributed by atoms with van der Waals surface area (Å²) in [7, 11) is 0. The second kappa shape index (κ2) is 4.55. The first kappa shape index (κ1) is 9.65. The van der Waals surface area contributed by atoms with Gasteiger partial charge in [-0.1, -0.05) is 6.42 Å². The second-order valence-electron chi connectivity index (χ2n) is 3.82. The van der Waals surface area contributed by atoms with E-state index < -0.39 is 0 Å². The van der Waals surface area contributed by atoms with Crippen molar-refractivity contribution in [3.63, 3.8) is 0 Å². The Hall–Kier alpha value is -0.900. The molecule has 2 heterocycles. The first-order chi connectivity index (χ1) is 6.92. The average molecular weight is 195 g/mol. The number of fused-ring (bicyclic) bond motifs is 1. The third-order valence-corrected chi connectivity index (χ3v) is 2.74. The van der Waals surface area contributed by atoms with Gasteiger partial charge >= 0.3 is 0 Å². The molecular formula is C10H17N3O. The van der Waals surface area contributed by atoms with Crippen molar-refractivity contribution in [3.8, 4) is 0 Å². The van der Waals surface area contributed by atoms with Crippen LogP contribution in [0.2, 0.25) is 0 Å². The third-order valence-electron chi connectivity index (χ3n) is 2.74. The van der Waals surface area contributed by atoms with Crippen molar-refractivity contribution in [1.82, 2.24) is 14.8 Å². The van der Waals surface area contributed by atoms with Gasteiger partial charge in [0.2, 0.25) is 0 Å². The molecule has 2 rings (SSSR count). The number of aromatic nitrogens is 3. The summed E-state index contributed by atoms with van der Waals surface area (Å²) < 4.78 is 2.24. The summed E-state index contributed by atoms with van der Waals surface area (Å²) in [4.78, 5) is 0. The van der Waals surface area contributed by atoms with Gasteiger partial charge in [0.05, 0.1) is 0 Å². The smallest absolute Gasteiger partial charge is 0.133 e. The van der Waals surface area contributed by atoms with E-state index in [4.69, 9.17) is 5.11 Å². The van der Waals surface area contributed by atoms with Crippen LogP contribution < -0.4 is 0 Å². The highest BCUT2D eigenvalue weighted by Crippen LogP contribution is 2.14. The standard InChI is InChI=1S/C10H17N3O/c14-8-4-6-10-12-11-9-5-2-1-3-7-13(9)10/h14H,1-8H2. The van der Waals surface area contributed by atoms with Crippen molar-refractivity contribution in [3.05, 3.63) is 11.6 Å². The minimum atomic E-state index is 0.238. The lowest BCUT2D eigenvalue weighted by Gasteiger charge is -2.05. The quantitative estimate of drug-likeness (QED) is 0.780. The van der Waals surface area contributed by atoms with Crippen LogP contribution in [0.25, 0.3) is 0 Å². The number of hydrogen-bond acceptors (Lipinski definition) is 3. The summed E-state index contributed by atoms with van der Waals surface area (Å²) in [6, 6.07) is 0. The molecule has 1 aliphatic rings. The zero-order chi connectivity index (χ0) is 9.80. The van der Waals surface area contributed by atoms with Gasteiger partial charge in [0, 0.05) is 26.0 Å². The minimum Gasteiger partial charge on any atom is -0.396 e. The van der Waals surface area contributed by atoms with Gasteiger partial charge in [-0.25, -0.2) is 0 Å². The van der Waals surface area contributed by atoms with Crippen LogP contribution in [0.1, 0.15) is 37.3 Å². The van der Waals surface area contributed by atoms with E-state index in [-0.39, 0.29) is 6.61 Å². The van der Waals surface area contributed by atoms with E-state index in [1.54, 1.807) is 0 Å². The number of rotatable bonds is 3. The molecule has 0 radical (unpaired) electrons. The number of aryl methyl sites for hydroxylation is 2. The number of hydrogen-bond donors (Lipinski definition) is 1. The molecule has 14 heavy (non-hydrogen) atoms. The van der Waals surface area contributed by atoms with E-state index >= 15 is 0 Å². The van der Waals surface area contributed by atoms with Crippen LogP contribution in [0.15, 0.2) is 0 Å². The van der Waals surface area contributed by atoms with Crippen molar-refractivity contribution in [1.29, 1.82) is 0 Å². The molecule has 1 aliphatic heterocycles. The molecule has 0 atom stereocenters. The molecule has 4 nitrogen and oxygen atoms in total. The Labute approximate surface area is 84.0 Å². The summed E-state index contributed by atoms with van der Waals surface area (Å²) in [5.74, 6) is 2.19. The number of nitrogens with zero attached hydrogens (tertiary/aromatic N) is 3. The van der Waals surface area contributed by atoms with Crippen LogP contribution in [0.3, 0.4) is 0 Å². The summed E-state index contributed by atoms with van der Waals surface area (Å²) >= 11 is 0. The SMILES string of the molecule is OCCCc1nnc2n1CCCCC2. The molecule has 4 heteroatoms. The Kier molecular flexibility index (Phi) is 3.14. The fraction of sp³-hybridized carbons (Fsp3) is 0.800. The normalized spacial score (nSPS) is 16.4. The highest BCUT2D eigenvalue weighted by molar-refractivity contribution is 4.97. The molecule has 0 aromatic carbocycles. The van der Waals surface area contributed by atoms with E-state index in [0.29, 0.717) is 0 Å². The molecular weight excluding hydrogens is 178 g/mol. The van der Waals surface area contributed by atoms with Crippen molar-refractivity contribution < 1.29 is 5.11 Å². The molecule has 0 aliphatic carbocycles. The molecule has 78 valence electrons.